The van der Waals surface area contributed by atoms with Crippen LogP contribution in [0.25, 0.3) is 0 Å². The van der Waals surface area contributed by atoms with E-state index in [-0.39, 0.29) is 18.5 Å². The predicted molar refractivity (Wildman–Crippen MR) is 137 cm³/mol. The average Bonchev–Trinajstić information content (AvgIpc) is 2.83. The van der Waals surface area contributed by atoms with E-state index in [4.69, 9.17) is 9.47 Å². The summed E-state index contributed by atoms with van der Waals surface area (Å²) >= 11 is 0. The highest BCUT2D eigenvalue weighted by atomic mass is 32.2. The number of aryl methyl sites for hydroxylation is 2. The lowest BCUT2D eigenvalue weighted by molar-refractivity contribution is 0.0939. The molecule has 0 bridgehead atoms. The Morgan fingerprint density at radius 3 is 2.34 bits per heavy atom. The average molecular weight is 495 g/mol. The number of nitrogens with zero attached hydrogens (tertiary/aromatic N) is 1. The summed E-state index contributed by atoms with van der Waals surface area (Å²) in [5, 5.41) is 3.00. The SMILES string of the molecule is Cc1ccc(C)c(N(Cc2ccc(C(=O)N[C@H](C)c3ccc4c(c3)OCCO4)cc2)S(C)(=O)=O)c1. The number of hydrogen-bond donors (Lipinski definition) is 1. The molecule has 0 spiro atoms. The summed E-state index contributed by atoms with van der Waals surface area (Å²) in [4.78, 5) is 12.8. The van der Waals surface area contributed by atoms with E-state index in [0.29, 0.717) is 36.0 Å². The van der Waals surface area contributed by atoms with Crippen LogP contribution in [-0.4, -0.2) is 33.8 Å². The molecule has 1 atom stereocenters. The number of ether oxygens (including phenoxy) is 2. The Morgan fingerprint density at radius 1 is 0.971 bits per heavy atom. The van der Waals surface area contributed by atoms with Crippen molar-refractivity contribution in [1.29, 1.82) is 0 Å². The molecule has 0 aromatic heterocycles. The number of benzene rings is 3. The third-order valence-electron chi connectivity index (χ3n) is 5.99. The molecular formula is C27H30N2O5S. The van der Waals surface area contributed by atoms with Gasteiger partial charge < -0.3 is 14.8 Å². The van der Waals surface area contributed by atoms with Crippen LogP contribution >= 0.6 is 0 Å². The molecule has 0 unspecified atom stereocenters. The fourth-order valence-corrected chi connectivity index (χ4v) is 4.93. The lowest BCUT2D eigenvalue weighted by Gasteiger charge is -2.25. The fraction of sp³-hybridized carbons (Fsp3) is 0.296. The van der Waals surface area contributed by atoms with E-state index in [1.165, 1.54) is 10.6 Å². The van der Waals surface area contributed by atoms with E-state index in [9.17, 15) is 13.2 Å². The van der Waals surface area contributed by atoms with Crippen molar-refractivity contribution in [2.75, 3.05) is 23.8 Å². The van der Waals surface area contributed by atoms with Crippen molar-refractivity contribution in [2.45, 2.75) is 33.4 Å². The number of amides is 1. The second-order valence-corrected chi connectivity index (χ2v) is 10.8. The lowest BCUT2D eigenvalue weighted by Crippen LogP contribution is -2.30. The zero-order valence-electron chi connectivity index (χ0n) is 20.4. The van der Waals surface area contributed by atoms with Crippen molar-refractivity contribution in [3.63, 3.8) is 0 Å². The minimum atomic E-state index is -3.50. The number of carbonyl (C=O) groups excluding carboxylic acids is 1. The van der Waals surface area contributed by atoms with Gasteiger partial charge in [0.15, 0.2) is 11.5 Å². The van der Waals surface area contributed by atoms with Crippen molar-refractivity contribution < 1.29 is 22.7 Å². The van der Waals surface area contributed by atoms with Crippen LogP contribution in [0.15, 0.2) is 60.7 Å². The molecule has 0 aliphatic carbocycles. The maximum Gasteiger partial charge on any atom is 0.251 e. The lowest BCUT2D eigenvalue weighted by atomic mass is 10.1. The number of rotatable bonds is 7. The Morgan fingerprint density at radius 2 is 1.66 bits per heavy atom. The van der Waals surface area contributed by atoms with Crippen molar-refractivity contribution in [3.05, 3.63) is 88.5 Å². The van der Waals surface area contributed by atoms with Gasteiger partial charge in [-0.2, -0.15) is 0 Å². The fourth-order valence-electron chi connectivity index (χ4n) is 3.99. The van der Waals surface area contributed by atoms with E-state index >= 15 is 0 Å². The molecule has 1 aliphatic heterocycles. The van der Waals surface area contributed by atoms with Gasteiger partial charge in [0.05, 0.1) is 24.5 Å². The monoisotopic (exact) mass is 494 g/mol. The molecule has 8 heteroatoms. The van der Waals surface area contributed by atoms with Gasteiger partial charge >= 0.3 is 0 Å². The Hall–Kier alpha value is -3.52. The van der Waals surface area contributed by atoms with Gasteiger partial charge in [0, 0.05) is 5.56 Å². The van der Waals surface area contributed by atoms with Gasteiger partial charge in [0.2, 0.25) is 10.0 Å². The second-order valence-electron chi connectivity index (χ2n) is 8.85. The molecule has 1 amide bonds. The van der Waals surface area contributed by atoms with Crippen molar-refractivity contribution in [2.24, 2.45) is 0 Å². The van der Waals surface area contributed by atoms with Crippen LogP contribution < -0.4 is 19.1 Å². The van der Waals surface area contributed by atoms with Crippen LogP contribution in [0.2, 0.25) is 0 Å². The maximum atomic E-state index is 12.8. The number of hydrogen-bond acceptors (Lipinski definition) is 5. The van der Waals surface area contributed by atoms with Crippen molar-refractivity contribution in [1.82, 2.24) is 5.32 Å². The molecule has 7 nitrogen and oxygen atoms in total. The molecule has 3 aromatic rings. The third kappa shape index (κ3) is 5.77. The number of carbonyl (C=O) groups is 1. The van der Waals surface area contributed by atoms with Crippen molar-refractivity contribution in [3.8, 4) is 11.5 Å². The Bertz CT molecular complexity index is 1340. The predicted octanol–water partition coefficient (Wildman–Crippen LogP) is 4.53. The van der Waals surface area contributed by atoms with Crippen LogP contribution in [0.3, 0.4) is 0 Å². The van der Waals surface area contributed by atoms with E-state index in [1.807, 2.05) is 57.2 Å². The Kier molecular flexibility index (Phi) is 7.03. The zero-order valence-corrected chi connectivity index (χ0v) is 21.2. The first-order chi connectivity index (χ1) is 16.6. The molecule has 0 radical (unpaired) electrons. The van der Waals surface area contributed by atoms with E-state index in [0.717, 1.165) is 22.3 Å². The molecule has 4 rings (SSSR count). The summed E-state index contributed by atoms with van der Waals surface area (Å²) in [6.07, 6.45) is 1.20. The largest absolute Gasteiger partial charge is 0.486 e. The molecule has 1 aliphatic rings. The van der Waals surface area contributed by atoms with Crippen LogP contribution in [-0.2, 0) is 16.6 Å². The molecular weight excluding hydrogens is 464 g/mol. The molecule has 0 saturated heterocycles. The minimum Gasteiger partial charge on any atom is -0.486 e. The standard InChI is InChI=1S/C27H30N2O5S/c1-18-5-6-19(2)24(15-18)29(35(4,31)32)17-21-7-9-22(10-8-21)27(30)28-20(3)23-11-12-25-26(16-23)34-14-13-33-25/h5-12,15-16,20H,13-14,17H2,1-4H3,(H,28,30)/t20-/m1/s1. The third-order valence-corrected chi connectivity index (χ3v) is 7.12. The van der Waals surface area contributed by atoms with Gasteiger partial charge in [0.25, 0.3) is 5.91 Å². The summed E-state index contributed by atoms with van der Waals surface area (Å²) in [6.45, 7) is 6.95. The molecule has 184 valence electrons. The summed E-state index contributed by atoms with van der Waals surface area (Å²) < 4.78 is 37.7. The molecule has 1 N–H and O–H groups in total. The number of nitrogens with one attached hydrogen (secondary N) is 1. The van der Waals surface area contributed by atoms with Gasteiger partial charge in [-0.1, -0.05) is 30.3 Å². The van der Waals surface area contributed by atoms with Crippen LogP contribution in [0.4, 0.5) is 5.69 Å². The number of sulfonamides is 1. The highest BCUT2D eigenvalue weighted by Gasteiger charge is 2.21. The first-order valence-corrected chi connectivity index (χ1v) is 13.3. The van der Waals surface area contributed by atoms with Gasteiger partial charge in [0.1, 0.15) is 13.2 Å². The van der Waals surface area contributed by atoms with Gasteiger partial charge in [-0.3, -0.25) is 9.10 Å². The highest BCUT2D eigenvalue weighted by Crippen LogP contribution is 2.32. The first-order valence-electron chi connectivity index (χ1n) is 11.5. The normalized spacial score (nSPS) is 13.7. The highest BCUT2D eigenvalue weighted by molar-refractivity contribution is 7.92. The number of anilines is 1. The van der Waals surface area contributed by atoms with Crippen molar-refractivity contribution >= 4 is 21.6 Å². The van der Waals surface area contributed by atoms with Gasteiger partial charge in [-0.05, 0) is 73.4 Å². The van der Waals surface area contributed by atoms with Gasteiger partial charge in [-0.25, -0.2) is 8.42 Å². The molecule has 3 aromatic carbocycles. The van der Waals surface area contributed by atoms with E-state index in [2.05, 4.69) is 5.32 Å². The quantitative estimate of drug-likeness (QED) is 0.522. The Balaban J connectivity index is 1.47. The van der Waals surface area contributed by atoms with E-state index < -0.39 is 10.0 Å². The molecule has 1 heterocycles. The Labute approximate surface area is 206 Å². The van der Waals surface area contributed by atoms with Crippen LogP contribution in [0, 0.1) is 13.8 Å². The summed E-state index contributed by atoms with van der Waals surface area (Å²) in [5.41, 5.74) is 4.71. The van der Waals surface area contributed by atoms with Crippen LogP contribution in [0.5, 0.6) is 11.5 Å². The first kappa shape index (κ1) is 24.6. The second kappa shape index (κ2) is 10.00. The topological polar surface area (TPSA) is 84.9 Å². The molecule has 0 saturated carbocycles. The molecule has 0 fully saturated rings. The smallest absolute Gasteiger partial charge is 0.251 e. The van der Waals surface area contributed by atoms with Gasteiger partial charge in [-0.15, -0.1) is 0 Å². The van der Waals surface area contributed by atoms with Crippen LogP contribution in [0.1, 0.15) is 45.6 Å². The summed E-state index contributed by atoms with van der Waals surface area (Å²) in [6, 6.07) is 18.2. The van der Waals surface area contributed by atoms with E-state index in [1.54, 1.807) is 24.3 Å². The summed E-state index contributed by atoms with van der Waals surface area (Å²) in [5.74, 6) is 1.17. The number of fused-ring (bicyclic) bond motifs is 1. The molecule has 35 heavy (non-hydrogen) atoms. The maximum absolute atomic E-state index is 12.8. The minimum absolute atomic E-state index is 0.179. The zero-order chi connectivity index (χ0) is 25.2. The summed E-state index contributed by atoms with van der Waals surface area (Å²) in [7, 11) is -3.50.